The molecule has 0 spiro atoms. The molecular weight excluding hydrogens is 295 g/mol. The topological polar surface area (TPSA) is 63.0 Å². The van der Waals surface area contributed by atoms with Gasteiger partial charge in [0, 0.05) is 24.2 Å². The second-order valence-corrected chi connectivity index (χ2v) is 5.93. The van der Waals surface area contributed by atoms with E-state index in [4.69, 9.17) is 4.74 Å². The normalized spacial score (nSPS) is 15.6. The zero-order valence-corrected chi connectivity index (χ0v) is 13.1. The van der Waals surface area contributed by atoms with E-state index in [1.165, 1.54) is 6.92 Å². The lowest BCUT2D eigenvalue weighted by Crippen LogP contribution is -2.16. The van der Waals surface area contributed by atoms with E-state index in [0.29, 0.717) is 29.7 Å². The molecule has 2 aromatic rings. The van der Waals surface area contributed by atoms with Crippen LogP contribution in [0.4, 0.5) is 4.39 Å². The summed E-state index contributed by atoms with van der Waals surface area (Å²) in [6.07, 6.45) is 1.59. The van der Waals surface area contributed by atoms with Crippen LogP contribution >= 0.6 is 0 Å². The van der Waals surface area contributed by atoms with E-state index in [1.54, 1.807) is 19.1 Å². The van der Waals surface area contributed by atoms with Crippen molar-refractivity contribution in [1.29, 1.82) is 5.26 Å². The Morgan fingerprint density at radius 3 is 2.70 bits per heavy atom. The van der Waals surface area contributed by atoms with E-state index in [1.807, 2.05) is 0 Å². The Morgan fingerprint density at radius 2 is 2.09 bits per heavy atom. The van der Waals surface area contributed by atoms with Gasteiger partial charge in [0.1, 0.15) is 17.3 Å². The number of hydrogen-bond acceptors (Lipinski definition) is 4. The maximum absolute atomic E-state index is 14.4. The quantitative estimate of drug-likeness (QED) is 0.794. The zero-order valence-electron chi connectivity index (χ0n) is 13.1. The van der Waals surface area contributed by atoms with E-state index in [-0.39, 0.29) is 22.9 Å². The summed E-state index contributed by atoms with van der Waals surface area (Å²) in [5.74, 6) is -0.456. The summed E-state index contributed by atoms with van der Waals surface area (Å²) in [5.41, 5.74) is 1.93. The lowest BCUT2D eigenvalue weighted by atomic mass is 9.88. The fourth-order valence-electron chi connectivity index (χ4n) is 3.15. The Balaban J connectivity index is 2.30. The van der Waals surface area contributed by atoms with Crippen LogP contribution < -0.4 is 0 Å². The van der Waals surface area contributed by atoms with Crippen molar-refractivity contribution in [1.82, 2.24) is 4.98 Å². The summed E-state index contributed by atoms with van der Waals surface area (Å²) < 4.78 is 19.8. The molecule has 118 valence electrons. The number of pyridine rings is 1. The van der Waals surface area contributed by atoms with Crippen molar-refractivity contribution in [2.45, 2.75) is 32.6 Å². The number of ketones is 1. The molecule has 4 nitrogen and oxygen atoms in total. The predicted octanol–water partition coefficient (Wildman–Crippen LogP) is 3.65. The largest absolute Gasteiger partial charge is 0.381 e. The first-order valence-corrected chi connectivity index (χ1v) is 7.65. The number of carbonyl (C=O) groups is 1. The number of ether oxygens (including phenoxy) is 1. The van der Waals surface area contributed by atoms with Gasteiger partial charge in [0.05, 0.1) is 0 Å². The molecular formula is C18H17FN2O2. The third-order valence-corrected chi connectivity index (χ3v) is 4.40. The highest BCUT2D eigenvalue weighted by Crippen LogP contribution is 2.33. The molecule has 5 heteroatoms. The summed E-state index contributed by atoms with van der Waals surface area (Å²) in [4.78, 5) is 16.2. The molecule has 2 heterocycles. The molecule has 0 saturated carbocycles. The van der Waals surface area contributed by atoms with Crippen LogP contribution in [0, 0.1) is 24.1 Å². The number of hydrogen-bond donors (Lipinski definition) is 0. The number of fused-ring (bicyclic) bond motifs is 1. The average molecular weight is 312 g/mol. The molecule has 1 fully saturated rings. The molecule has 3 rings (SSSR count). The Kier molecular flexibility index (Phi) is 4.10. The minimum absolute atomic E-state index is 0.0996. The predicted molar refractivity (Wildman–Crippen MR) is 84.0 cm³/mol. The maximum atomic E-state index is 14.4. The van der Waals surface area contributed by atoms with E-state index in [2.05, 4.69) is 11.1 Å². The standard InChI is InChI=1S/C18H17FN2O2/c1-10-7-13(11(2)22)15-8-14(12-3-5-23-6-4-12)16(9-20)21-18(15)17(10)19/h7-8,12H,3-6H2,1-2H3. The summed E-state index contributed by atoms with van der Waals surface area (Å²) in [6.45, 7) is 4.32. The van der Waals surface area contributed by atoms with E-state index >= 15 is 0 Å². The van der Waals surface area contributed by atoms with Crippen molar-refractivity contribution < 1.29 is 13.9 Å². The zero-order chi connectivity index (χ0) is 16.6. The van der Waals surface area contributed by atoms with Gasteiger partial charge in [-0.05, 0) is 55.9 Å². The molecule has 0 aliphatic carbocycles. The van der Waals surface area contributed by atoms with Gasteiger partial charge in [0.2, 0.25) is 0 Å². The third kappa shape index (κ3) is 2.71. The number of nitrogens with zero attached hydrogens (tertiary/aromatic N) is 2. The summed E-state index contributed by atoms with van der Waals surface area (Å²) in [5, 5.41) is 9.90. The lowest BCUT2D eigenvalue weighted by molar-refractivity contribution is 0.0852. The lowest BCUT2D eigenvalue weighted by Gasteiger charge is -2.23. The number of nitriles is 1. The van der Waals surface area contributed by atoms with Crippen molar-refractivity contribution in [3.8, 4) is 6.07 Å². The van der Waals surface area contributed by atoms with Crippen LogP contribution in [0.3, 0.4) is 0 Å². The molecule has 1 saturated heterocycles. The number of carbonyl (C=O) groups excluding carboxylic acids is 1. The molecule has 0 unspecified atom stereocenters. The monoisotopic (exact) mass is 312 g/mol. The van der Waals surface area contributed by atoms with Gasteiger partial charge in [-0.2, -0.15) is 5.26 Å². The van der Waals surface area contributed by atoms with Crippen LogP contribution in [-0.2, 0) is 4.74 Å². The molecule has 1 aromatic heterocycles. The highest BCUT2D eigenvalue weighted by molar-refractivity contribution is 6.07. The number of Topliss-reactive ketones (excluding diaryl/α,β-unsaturated/α-hetero) is 1. The Bertz CT molecular complexity index is 833. The van der Waals surface area contributed by atoms with Gasteiger partial charge in [-0.15, -0.1) is 0 Å². The van der Waals surface area contributed by atoms with E-state index in [9.17, 15) is 14.4 Å². The van der Waals surface area contributed by atoms with Gasteiger partial charge in [0.25, 0.3) is 0 Å². The van der Waals surface area contributed by atoms with Crippen LogP contribution in [0.5, 0.6) is 0 Å². The van der Waals surface area contributed by atoms with Crippen LogP contribution in [0.15, 0.2) is 12.1 Å². The second kappa shape index (κ2) is 6.05. The fraction of sp³-hybridized carbons (Fsp3) is 0.389. The van der Waals surface area contributed by atoms with Crippen LogP contribution in [0.2, 0.25) is 0 Å². The second-order valence-electron chi connectivity index (χ2n) is 5.93. The Hall–Kier alpha value is -2.32. The van der Waals surface area contributed by atoms with E-state index < -0.39 is 5.82 Å². The van der Waals surface area contributed by atoms with Crippen molar-refractivity contribution in [3.63, 3.8) is 0 Å². The Labute approximate surface area is 133 Å². The van der Waals surface area contributed by atoms with Crippen molar-refractivity contribution in [3.05, 3.63) is 40.3 Å². The first kappa shape index (κ1) is 15.6. The number of halogens is 1. The van der Waals surface area contributed by atoms with Crippen molar-refractivity contribution in [2.24, 2.45) is 0 Å². The summed E-state index contributed by atoms with van der Waals surface area (Å²) >= 11 is 0. The number of aryl methyl sites for hydroxylation is 1. The van der Waals surface area contributed by atoms with Gasteiger partial charge >= 0.3 is 0 Å². The highest BCUT2D eigenvalue weighted by Gasteiger charge is 2.23. The SMILES string of the molecule is CC(=O)c1cc(C)c(F)c2nc(C#N)c(C3CCOCC3)cc12. The molecule has 0 N–H and O–H groups in total. The number of benzene rings is 1. The van der Waals surface area contributed by atoms with Crippen LogP contribution in [0.25, 0.3) is 10.9 Å². The molecule has 23 heavy (non-hydrogen) atoms. The van der Waals surface area contributed by atoms with Gasteiger partial charge in [-0.25, -0.2) is 9.37 Å². The van der Waals surface area contributed by atoms with Crippen molar-refractivity contribution >= 4 is 16.7 Å². The van der Waals surface area contributed by atoms with Crippen LogP contribution in [-0.4, -0.2) is 24.0 Å². The molecule has 1 aromatic carbocycles. The van der Waals surface area contributed by atoms with Gasteiger partial charge in [0.15, 0.2) is 11.6 Å². The first-order chi connectivity index (χ1) is 11.0. The molecule has 1 aliphatic rings. The smallest absolute Gasteiger partial charge is 0.160 e. The van der Waals surface area contributed by atoms with E-state index in [0.717, 1.165) is 18.4 Å². The average Bonchev–Trinajstić information content (AvgIpc) is 2.57. The minimum atomic E-state index is -0.472. The molecule has 0 bridgehead atoms. The summed E-state index contributed by atoms with van der Waals surface area (Å²) in [6, 6.07) is 5.41. The molecule has 0 radical (unpaired) electrons. The van der Waals surface area contributed by atoms with Gasteiger partial charge < -0.3 is 4.74 Å². The third-order valence-electron chi connectivity index (χ3n) is 4.40. The highest BCUT2D eigenvalue weighted by atomic mass is 19.1. The number of rotatable bonds is 2. The van der Waals surface area contributed by atoms with Gasteiger partial charge in [-0.3, -0.25) is 4.79 Å². The fourth-order valence-corrected chi connectivity index (χ4v) is 3.15. The Morgan fingerprint density at radius 1 is 1.39 bits per heavy atom. The molecule has 1 aliphatic heterocycles. The molecule has 0 atom stereocenters. The maximum Gasteiger partial charge on any atom is 0.160 e. The minimum Gasteiger partial charge on any atom is -0.381 e. The van der Waals surface area contributed by atoms with Gasteiger partial charge in [-0.1, -0.05) is 0 Å². The summed E-state index contributed by atoms with van der Waals surface area (Å²) in [7, 11) is 0. The first-order valence-electron chi connectivity index (χ1n) is 7.65. The van der Waals surface area contributed by atoms with Crippen molar-refractivity contribution in [2.75, 3.05) is 13.2 Å². The van der Waals surface area contributed by atoms with Crippen LogP contribution in [0.1, 0.15) is 52.9 Å². The molecule has 0 amide bonds. The number of aromatic nitrogens is 1.